The van der Waals surface area contributed by atoms with Gasteiger partial charge < -0.3 is 5.73 Å². The van der Waals surface area contributed by atoms with Crippen LogP contribution in [0.1, 0.15) is 17.0 Å². The van der Waals surface area contributed by atoms with Gasteiger partial charge in [-0.1, -0.05) is 0 Å². The molecule has 3 nitrogen and oxygen atoms in total. The zero-order chi connectivity index (χ0) is 11.5. The van der Waals surface area contributed by atoms with Crippen LogP contribution in [0.15, 0.2) is 12.1 Å². The fourth-order valence-electron chi connectivity index (χ4n) is 1.10. The molecular weight excluding hydrogens is 207 g/mol. The molecule has 0 amide bonds. The first-order valence-electron chi connectivity index (χ1n) is 4.15. The van der Waals surface area contributed by atoms with E-state index in [1.807, 2.05) is 0 Å². The summed E-state index contributed by atoms with van der Waals surface area (Å²) in [7, 11) is 0. The number of alkyl halides is 3. The van der Waals surface area contributed by atoms with Gasteiger partial charge in [-0.3, -0.25) is 0 Å². The summed E-state index contributed by atoms with van der Waals surface area (Å²) in [4.78, 5) is 3.18. The highest BCUT2D eigenvalue weighted by atomic mass is 19.4. The van der Waals surface area contributed by atoms with E-state index in [1.165, 1.54) is 6.07 Å². The van der Waals surface area contributed by atoms with Crippen LogP contribution in [-0.4, -0.2) is 11.5 Å². The van der Waals surface area contributed by atoms with Crippen molar-refractivity contribution in [2.45, 2.75) is 12.6 Å². The fourth-order valence-corrected chi connectivity index (χ4v) is 1.10. The fraction of sp³-hybridized carbons (Fsp3) is 0.333. The van der Waals surface area contributed by atoms with Crippen LogP contribution in [0, 0.1) is 11.3 Å². The Balaban J connectivity index is 3.19. The predicted molar refractivity (Wildman–Crippen MR) is 46.7 cm³/mol. The molecular formula is C9H8F3N3. The molecule has 1 aromatic rings. The molecule has 0 fully saturated rings. The summed E-state index contributed by atoms with van der Waals surface area (Å²) in [6.45, 7) is 0.228. The first-order chi connectivity index (χ1) is 6.97. The van der Waals surface area contributed by atoms with Crippen molar-refractivity contribution in [2.24, 2.45) is 5.73 Å². The molecule has 0 atom stereocenters. The normalized spacial score (nSPS) is 11.1. The number of rotatable bonds is 2. The number of nitriles is 1. The number of nitrogens with zero attached hydrogens (tertiary/aromatic N) is 2. The summed E-state index contributed by atoms with van der Waals surface area (Å²) in [6, 6.07) is 3.80. The molecule has 6 heteroatoms. The molecule has 0 bridgehead atoms. The van der Waals surface area contributed by atoms with Crippen LogP contribution >= 0.6 is 0 Å². The first kappa shape index (κ1) is 11.5. The van der Waals surface area contributed by atoms with Gasteiger partial charge >= 0.3 is 6.18 Å². The molecule has 0 aliphatic carbocycles. The van der Waals surface area contributed by atoms with E-state index < -0.39 is 11.9 Å². The van der Waals surface area contributed by atoms with Crippen molar-refractivity contribution in [3.63, 3.8) is 0 Å². The van der Waals surface area contributed by atoms with Gasteiger partial charge in [0.15, 0.2) is 0 Å². The van der Waals surface area contributed by atoms with Crippen molar-refractivity contribution < 1.29 is 13.2 Å². The highest BCUT2D eigenvalue weighted by molar-refractivity contribution is 5.30. The summed E-state index contributed by atoms with van der Waals surface area (Å²) >= 11 is 0. The lowest BCUT2D eigenvalue weighted by Gasteiger charge is -2.07. The van der Waals surface area contributed by atoms with Crippen molar-refractivity contribution in [1.29, 1.82) is 5.26 Å². The smallest absolute Gasteiger partial charge is 0.330 e. The second kappa shape index (κ2) is 4.28. The Morgan fingerprint density at radius 3 is 2.53 bits per heavy atom. The van der Waals surface area contributed by atoms with Crippen LogP contribution < -0.4 is 5.73 Å². The molecule has 15 heavy (non-hydrogen) atoms. The van der Waals surface area contributed by atoms with Crippen molar-refractivity contribution in [2.75, 3.05) is 6.54 Å². The van der Waals surface area contributed by atoms with Gasteiger partial charge in [0, 0.05) is 0 Å². The molecule has 80 valence electrons. The first-order valence-corrected chi connectivity index (χ1v) is 4.15. The minimum Gasteiger partial charge on any atom is -0.330 e. The van der Waals surface area contributed by atoms with Gasteiger partial charge in [0.25, 0.3) is 0 Å². The van der Waals surface area contributed by atoms with Crippen molar-refractivity contribution in [3.8, 4) is 6.07 Å². The molecule has 1 rings (SSSR count). The van der Waals surface area contributed by atoms with E-state index in [9.17, 15) is 13.2 Å². The van der Waals surface area contributed by atoms with Gasteiger partial charge in [0.1, 0.15) is 17.5 Å². The van der Waals surface area contributed by atoms with Gasteiger partial charge in [0.2, 0.25) is 0 Å². The van der Waals surface area contributed by atoms with Crippen LogP contribution in [0.5, 0.6) is 0 Å². The maximum atomic E-state index is 12.3. The average Bonchev–Trinajstić information content (AvgIpc) is 2.16. The molecule has 0 saturated heterocycles. The highest BCUT2D eigenvalue weighted by Crippen LogP contribution is 2.28. The highest BCUT2D eigenvalue weighted by Gasteiger charge is 2.33. The Hall–Kier alpha value is -1.61. The lowest BCUT2D eigenvalue weighted by molar-refractivity contribution is -0.141. The SMILES string of the molecule is N#Cc1cc(CCN)cc(C(F)(F)F)n1. The van der Waals surface area contributed by atoms with E-state index in [0.29, 0.717) is 12.0 Å². The van der Waals surface area contributed by atoms with E-state index in [1.54, 1.807) is 6.07 Å². The Morgan fingerprint density at radius 1 is 1.40 bits per heavy atom. The van der Waals surface area contributed by atoms with Crippen LogP contribution in [0.3, 0.4) is 0 Å². The number of halogens is 3. The molecule has 1 heterocycles. The summed E-state index contributed by atoms with van der Waals surface area (Å²) in [6.07, 6.45) is -4.24. The molecule has 1 aromatic heterocycles. The van der Waals surface area contributed by atoms with Crippen molar-refractivity contribution in [3.05, 3.63) is 29.1 Å². The van der Waals surface area contributed by atoms with Gasteiger partial charge in [0.05, 0.1) is 0 Å². The van der Waals surface area contributed by atoms with Crippen molar-refractivity contribution in [1.82, 2.24) is 4.98 Å². The van der Waals surface area contributed by atoms with E-state index in [4.69, 9.17) is 11.0 Å². The largest absolute Gasteiger partial charge is 0.433 e. The zero-order valence-corrected chi connectivity index (χ0v) is 7.67. The second-order valence-electron chi connectivity index (χ2n) is 2.89. The number of nitrogens with two attached hydrogens (primary N) is 1. The molecule has 0 aromatic carbocycles. The average molecular weight is 215 g/mol. The molecule has 2 N–H and O–H groups in total. The maximum absolute atomic E-state index is 12.3. The van der Waals surface area contributed by atoms with Gasteiger partial charge in [-0.05, 0) is 30.7 Å². The Morgan fingerprint density at radius 2 is 2.07 bits per heavy atom. The summed E-state index contributed by atoms with van der Waals surface area (Å²) in [5, 5.41) is 8.51. The van der Waals surface area contributed by atoms with Gasteiger partial charge in [-0.15, -0.1) is 0 Å². The van der Waals surface area contributed by atoms with E-state index in [-0.39, 0.29) is 12.2 Å². The molecule has 0 unspecified atom stereocenters. The lowest BCUT2D eigenvalue weighted by Crippen LogP contribution is -2.11. The van der Waals surface area contributed by atoms with Gasteiger partial charge in [-0.2, -0.15) is 18.4 Å². The standard InChI is InChI=1S/C9H8F3N3/c10-9(11,12)8-4-6(1-2-13)3-7(5-14)15-8/h3-4H,1-2,13H2. The van der Waals surface area contributed by atoms with E-state index >= 15 is 0 Å². The Kier molecular flexibility index (Phi) is 3.27. The van der Waals surface area contributed by atoms with E-state index in [0.717, 1.165) is 6.07 Å². The summed E-state index contributed by atoms with van der Waals surface area (Å²) < 4.78 is 37.0. The third kappa shape index (κ3) is 2.92. The van der Waals surface area contributed by atoms with Crippen LogP contribution in [-0.2, 0) is 12.6 Å². The third-order valence-corrected chi connectivity index (χ3v) is 1.72. The van der Waals surface area contributed by atoms with Crippen LogP contribution in [0.4, 0.5) is 13.2 Å². The predicted octanol–water partition coefficient (Wildman–Crippen LogP) is 1.47. The topological polar surface area (TPSA) is 62.7 Å². The summed E-state index contributed by atoms with van der Waals surface area (Å²) in [5.74, 6) is 0. The number of hydrogen-bond donors (Lipinski definition) is 1. The summed E-state index contributed by atoms with van der Waals surface area (Å²) in [5.41, 5.74) is 4.31. The number of hydrogen-bond acceptors (Lipinski definition) is 3. The minimum atomic E-state index is -4.53. The number of aromatic nitrogens is 1. The Bertz CT molecular complexity index is 393. The minimum absolute atomic E-state index is 0.228. The van der Waals surface area contributed by atoms with Crippen LogP contribution in [0.2, 0.25) is 0 Å². The monoisotopic (exact) mass is 215 g/mol. The molecule has 0 saturated carbocycles. The molecule has 0 spiro atoms. The third-order valence-electron chi connectivity index (χ3n) is 1.72. The van der Waals surface area contributed by atoms with Crippen LogP contribution in [0.25, 0.3) is 0 Å². The molecule has 0 radical (unpaired) electrons. The molecule has 0 aliphatic heterocycles. The lowest BCUT2D eigenvalue weighted by atomic mass is 10.1. The second-order valence-corrected chi connectivity index (χ2v) is 2.89. The zero-order valence-electron chi connectivity index (χ0n) is 7.67. The Labute approximate surface area is 84.3 Å². The quantitative estimate of drug-likeness (QED) is 0.812. The maximum Gasteiger partial charge on any atom is 0.433 e. The van der Waals surface area contributed by atoms with Gasteiger partial charge in [-0.25, -0.2) is 4.98 Å². The van der Waals surface area contributed by atoms with Crippen molar-refractivity contribution >= 4 is 0 Å². The van der Waals surface area contributed by atoms with E-state index in [2.05, 4.69) is 4.98 Å². The number of pyridine rings is 1. The molecule has 0 aliphatic rings.